The van der Waals surface area contributed by atoms with Crippen molar-refractivity contribution in [3.63, 3.8) is 0 Å². The zero-order valence-electron chi connectivity index (χ0n) is 18.3. The lowest BCUT2D eigenvalue weighted by Crippen LogP contribution is -2.37. The van der Waals surface area contributed by atoms with Gasteiger partial charge < -0.3 is 15.4 Å². The third kappa shape index (κ3) is 5.07. The van der Waals surface area contributed by atoms with Gasteiger partial charge in [0.25, 0.3) is 0 Å². The highest BCUT2D eigenvalue weighted by atomic mass is 32.2. The van der Waals surface area contributed by atoms with Crippen molar-refractivity contribution in [2.75, 3.05) is 11.9 Å². The van der Waals surface area contributed by atoms with Crippen LogP contribution >= 0.6 is 0 Å². The van der Waals surface area contributed by atoms with E-state index < -0.39 is 16.4 Å². The third-order valence-corrected chi connectivity index (χ3v) is 6.67. The van der Waals surface area contributed by atoms with E-state index in [0.29, 0.717) is 35.3 Å². The van der Waals surface area contributed by atoms with Gasteiger partial charge >= 0.3 is 0 Å². The Morgan fingerprint density at radius 3 is 2.75 bits per heavy atom. The van der Waals surface area contributed by atoms with Gasteiger partial charge in [-0.25, -0.2) is 9.19 Å². The molecule has 165 valence electrons. The molecule has 1 fully saturated rings. The Hall–Kier alpha value is -3.01. The third-order valence-electron chi connectivity index (χ3n) is 5.25. The van der Waals surface area contributed by atoms with Crippen LogP contribution in [0.5, 0.6) is 5.88 Å². The number of nitrogens with zero attached hydrogens (tertiary/aromatic N) is 3. The molecule has 1 aromatic carbocycles. The Bertz CT molecular complexity index is 1100. The molecule has 1 saturated carbocycles. The van der Waals surface area contributed by atoms with Gasteiger partial charge in [-0.05, 0) is 45.7 Å². The number of hydrogen-bond acceptors (Lipinski definition) is 5. The van der Waals surface area contributed by atoms with E-state index in [0.717, 1.165) is 18.4 Å². The average Bonchev–Trinajstić information content (AvgIpc) is 3.53. The fourth-order valence-corrected chi connectivity index (χ4v) is 4.07. The van der Waals surface area contributed by atoms with Crippen LogP contribution in [0.2, 0.25) is 0 Å². The number of rotatable bonds is 8. The Kier molecular flexibility index (Phi) is 6.41. The Labute approximate surface area is 190 Å². The smallest absolute Gasteiger partial charge is 0.235 e. The van der Waals surface area contributed by atoms with Crippen molar-refractivity contribution in [3.8, 4) is 17.1 Å². The summed E-state index contributed by atoms with van der Waals surface area (Å²) >= 11 is 0. The van der Waals surface area contributed by atoms with Crippen molar-refractivity contribution >= 4 is 35.6 Å². The summed E-state index contributed by atoms with van der Waals surface area (Å²) in [6.07, 6.45) is 5.16. The second-order valence-electron chi connectivity index (χ2n) is 8.16. The molecular formula is C22H25BN5O3S. The topological polar surface area (TPSA) is 106 Å². The van der Waals surface area contributed by atoms with Crippen LogP contribution < -0.4 is 15.4 Å². The summed E-state index contributed by atoms with van der Waals surface area (Å²) in [4.78, 5) is 21.6. The molecule has 2 aromatic rings. The molecule has 32 heavy (non-hydrogen) atoms. The van der Waals surface area contributed by atoms with Crippen molar-refractivity contribution in [3.05, 3.63) is 48.3 Å². The van der Waals surface area contributed by atoms with Gasteiger partial charge in [-0.3, -0.25) is 9.78 Å². The Morgan fingerprint density at radius 1 is 1.31 bits per heavy atom. The van der Waals surface area contributed by atoms with Gasteiger partial charge in [-0.2, -0.15) is 4.40 Å². The molecule has 0 bridgehead atoms. The summed E-state index contributed by atoms with van der Waals surface area (Å²) in [5.41, 5.74) is 2.65. The number of carbonyl (C=O) groups excluding carboxylic acids is 1. The molecule has 8 nitrogen and oxygen atoms in total. The van der Waals surface area contributed by atoms with Crippen LogP contribution in [0.3, 0.4) is 0 Å². The number of hydrogen-bond donors (Lipinski definition) is 2. The van der Waals surface area contributed by atoms with E-state index >= 15 is 0 Å². The molecule has 2 aliphatic rings. The highest BCUT2D eigenvalue weighted by molar-refractivity contribution is 7.84. The van der Waals surface area contributed by atoms with E-state index in [1.54, 1.807) is 19.7 Å². The Balaban J connectivity index is 1.40. The number of carbonyl (C=O) groups is 1. The van der Waals surface area contributed by atoms with E-state index in [9.17, 15) is 9.00 Å². The first-order chi connectivity index (χ1) is 15.4. The maximum atomic E-state index is 13.0. The van der Waals surface area contributed by atoms with Crippen molar-refractivity contribution < 1.29 is 13.7 Å². The first kappa shape index (κ1) is 22.2. The molecule has 4 rings (SSSR count). The van der Waals surface area contributed by atoms with Crippen molar-refractivity contribution in [1.82, 2.24) is 15.3 Å². The molecular weight excluding hydrogens is 425 g/mol. The molecule has 2 heterocycles. The molecule has 1 atom stereocenters. The number of aromatic nitrogens is 2. The van der Waals surface area contributed by atoms with E-state index in [1.165, 1.54) is 0 Å². The van der Waals surface area contributed by atoms with Crippen molar-refractivity contribution in [2.24, 2.45) is 9.81 Å². The minimum absolute atomic E-state index is 0.167. The Morgan fingerprint density at radius 2 is 2.06 bits per heavy atom. The molecule has 1 aliphatic heterocycles. The number of anilines is 1. The van der Waals surface area contributed by atoms with Crippen LogP contribution in [0.4, 0.5) is 5.69 Å². The van der Waals surface area contributed by atoms with Crippen molar-refractivity contribution in [2.45, 2.75) is 38.9 Å². The van der Waals surface area contributed by atoms with E-state index in [4.69, 9.17) is 4.74 Å². The molecule has 0 spiro atoms. The lowest BCUT2D eigenvalue weighted by Gasteiger charge is -2.26. The molecule has 1 radical (unpaired) electrons. The van der Waals surface area contributed by atoms with Gasteiger partial charge in [0.1, 0.15) is 11.0 Å². The molecule has 1 amide bonds. The van der Waals surface area contributed by atoms with Crippen LogP contribution in [0, 0.1) is 5.41 Å². The first-order valence-corrected chi connectivity index (χ1v) is 11.7. The van der Waals surface area contributed by atoms with Crippen LogP contribution in [0.15, 0.2) is 52.7 Å². The number of nitrogens with one attached hydrogen (secondary N) is 2. The lowest BCUT2D eigenvalue weighted by molar-refractivity contribution is -0.122. The number of benzene rings is 1. The standard InChI is InChI=1S/C22H25BN5O3S/c1-4-31-19-13-24-12-17(26-19)14-5-7-15(8-6-14)25-20(29)22(2,3)18-11-23-21(27-18)28-32(30)16-9-10-16/h5-8,11-13,16H,4,9-10H2,1-3H3,(H,25,29)(H,27,28). The predicted octanol–water partition coefficient (Wildman–Crippen LogP) is 2.84. The van der Waals surface area contributed by atoms with Crippen LogP contribution in [-0.4, -0.2) is 45.0 Å². The first-order valence-electron chi connectivity index (χ1n) is 10.6. The van der Waals surface area contributed by atoms with Gasteiger partial charge in [0.2, 0.25) is 19.1 Å². The van der Waals surface area contributed by atoms with Gasteiger partial charge in [0, 0.05) is 16.9 Å². The highest BCUT2D eigenvalue weighted by Crippen LogP contribution is 2.30. The molecule has 0 saturated heterocycles. The van der Waals surface area contributed by atoms with Gasteiger partial charge in [0.05, 0.1) is 41.1 Å². The fraction of sp³-hybridized carbons (Fsp3) is 0.364. The van der Waals surface area contributed by atoms with Crippen LogP contribution in [0.1, 0.15) is 33.6 Å². The minimum atomic E-state index is -1.21. The average molecular weight is 450 g/mol. The molecule has 10 heteroatoms. The largest absolute Gasteiger partial charge is 0.477 e. The minimum Gasteiger partial charge on any atom is -0.477 e. The van der Waals surface area contributed by atoms with Crippen LogP contribution in [-0.2, 0) is 15.8 Å². The number of amidine groups is 1. The summed E-state index contributed by atoms with van der Waals surface area (Å²) < 4.78 is 21.6. The zero-order chi connectivity index (χ0) is 22.7. The lowest BCUT2D eigenvalue weighted by atomic mass is 9.77. The maximum absolute atomic E-state index is 13.0. The second kappa shape index (κ2) is 9.24. The van der Waals surface area contributed by atoms with Crippen LogP contribution in [0.25, 0.3) is 11.3 Å². The number of amides is 1. The molecule has 1 aliphatic carbocycles. The number of ether oxygens (including phenoxy) is 1. The summed E-state index contributed by atoms with van der Waals surface area (Å²) in [6, 6.07) is 7.40. The summed E-state index contributed by atoms with van der Waals surface area (Å²) in [6.45, 7) is 6.08. The maximum Gasteiger partial charge on any atom is 0.235 e. The summed E-state index contributed by atoms with van der Waals surface area (Å²) in [5.74, 6) is 2.12. The zero-order valence-corrected chi connectivity index (χ0v) is 19.1. The van der Waals surface area contributed by atoms with E-state index in [-0.39, 0.29) is 11.2 Å². The predicted molar refractivity (Wildman–Crippen MR) is 127 cm³/mol. The van der Waals surface area contributed by atoms with Gasteiger partial charge in [-0.1, -0.05) is 18.1 Å². The van der Waals surface area contributed by atoms with E-state index in [1.807, 2.05) is 51.0 Å². The quantitative estimate of drug-likeness (QED) is 0.600. The second-order valence-corrected chi connectivity index (χ2v) is 9.56. The van der Waals surface area contributed by atoms with Gasteiger partial charge in [-0.15, -0.1) is 0 Å². The van der Waals surface area contributed by atoms with E-state index in [2.05, 4.69) is 25.0 Å². The SMILES string of the molecule is CCOc1cncc(-c2ccc(NC(=O)C(C)(C)C3=C[B]/C(=N\S(=O)C4CC4)N3)cc2)n1. The summed E-state index contributed by atoms with van der Waals surface area (Å²) in [5, 5.41) is 6.27. The molecule has 1 unspecified atom stereocenters. The van der Waals surface area contributed by atoms with Crippen molar-refractivity contribution in [1.29, 1.82) is 0 Å². The fourth-order valence-electron chi connectivity index (χ4n) is 3.08. The normalized spacial score (nSPS) is 17.8. The molecule has 2 N–H and O–H groups in total. The highest BCUT2D eigenvalue weighted by Gasteiger charge is 2.36. The van der Waals surface area contributed by atoms with Gasteiger partial charge in [0.15, 0.2) is 0 Å². The summed E-state index contributed by atoms with van der Waals surface area (Å²) in [7, 11) is 0.548. The molecule has 1 aromatic heterocycles. The monoisotopic (exact) mass is 450 g/mol.